The number of carboxylic acid groups (broad SMARTS) is 1. The molecule has 29 heavy (non-hydrogen) atoms. The van der Waals surface area contributed by atoms with Gasteiger partial charge >= 0.3 is 12.1 Å². The Labute approximate surface area is 162 Å². The second-order valence-corrected chi connectivity index (χ2v) is 5.57. The number of methoxy groups -OCH3 is 2. The summed E-state index contributed by atoms with van der Waals surface area (Å²) in [6.45, 7) is 0. The number of anilines is 2. The molecule has 0 unspecified atom stereocenters. The summed E-state index contributed by atoms with van der Waals surface area (Å²) < 4.78 is 48.1. The van der Waals surface area contributed by atoms with Gasteiger partial charge in [0.1, 0.15) is 34.7 Å². The highest BCUT2D eigenvalue weighted by molar-refractivity contribution is 5.73. The third-order valence-corrected chi connectivity index (χ3v) is 3.84. The molecule has 2 heterocycles. The number of alkyl halides is 3. The topological polar surface area (TPSA) is 154 Å². The third kappa shape index (κ3) is 4.34. The van der Waals surface area contributed by atoms with Gasteiger partial charge in [-0.2, -0.15) is 23.4 Å². The van der Waals surface area contributed by atoms with Crippen LogP contribution in [0.15, 0.2) is 12.1 Å². The molecule has 2 aromatic rings. The number of benzene rings is 1. The number of nitrogens with zero attached hydrogens (tertiary/aromatic N) is 2. The molecule has 9 nitrogen and oxygen atoms in total. The number of carbonyl (C=O) groups is 1. The monoisotopic (exact) mass is 412 g/mol. The number of hydrogen-bond acceptors (Lipinski definition) is 8. The maximum Gasteiger partial charge on any atom is 0.490 e. The predicted molar refractivity (Wildman–Crippen MR) is 93.9 cm³/mol. The molecule has 0 saturated carbocycles. The normalized spacial score (nSPS) is 11.6. The molecule has 0 fully saturated rings. The number of halogens is 3. The van der Waals surface area contributed by atoms with Gasteiger partial charge in [-0.05, 0) is 0 Å². The summed E-state index contributed by atoms with van der Waals surface area (Å²) in [5, 5.41) is 16.3. The van der Waals surface area contributed by atoms with Gasteiger partial charge in [0.2, 0.25) is 5.88 Å². The fourth-order valence-electron chi connectivity index (χ4n) is 2.45. The van der Waals surface area contributed by atoms with Gasteiger partial charge in [-0.25, -0.2) is 4.79 Å². The van der Waals surface area contributed by atoms with Crippen LogP contribution in [0.25, 0.3) is 0 Å². The van der Waals surface area contributed by atoms with Crippen LogP contribution in [0.2, 0.25) is 0 Å². The van der Waals surface area contributed by atoms with E-state index in [2.05, 4.69) is 4.98 Å². The molecule has 0 bridgehead atoms. The van der Waals surface area contributed by atoms with E-state index in [1.165, 1.54) is 0 Å². The van der Waals surface area contributed by atoms with Crippen LogP contribution >= 0.6 is 0 Å². The summed E-state index contributed by atoms with van der Waals surface area (Å²) in [5.74, 6) is -0.607. The molecular formula is C17H15F3N4O5. The molecule has 0 spiro atoms. The average Bonchev–Trinajstić information content (AvgIpc) is 2.65. The molecule has 154 valence electrons. The number of nitrogens with two attached hydrogens (primary N) is 2. The van der Waals surface area contributed by atoms with Gasteiger partial charge in [-0.1, -0.05) is 0 Å². The predicted octanol–water partition coefficient (Wildman–Crippen LogP) is 2.46. The van der Waals surface area contributed by atoms with E-state index in [0.29, 0.717) is 35.1 Å². The maximum atomic E-state index is 10.6. The van der Waals surface area contributed by atoms with Crippen LogP contribution < -0.4 is 25.7 Å². The lowest BCUT2D eigenvalue weighted by molar-refractivity contribution is -0.192. The SMILES string of the molecule is COc1cc(OC)c2c(c1)Oc1nc(N)c(C#N)c(N)c1C2.O=C(O)C(F)(F)F. The second kappa shape index (κ2) is 8.01. The molecule has 1 aromatic carbocycles. The Morgan fingerprint density at radius 1 is 1.28 bits per heavy atom. The van der Waals surface area contributed by atoms with Crippen LogP contribution in [0.3, 0.4) is 0 Å². The van der Waals surface area contributed by atoms with E-state index in [1.54, 1.807) is 26.4 Å². The van der Waals surface area contributed by atoms with Crippen LogP contribution in [0.5, 0.6) is 23.1 Å². The van der Waals surface area contributed by atoms with E-state index in [-0.39, 0.29) is 17.1 Å². The Morgan fingerprint density at radius 2 is 1.90 bits per heavy atom. The maximum absolute atomic E-state index is 10.6. The summed E-state index contributed by atoms with van der Waals surface area (Å²) in [4.78, 5) is 13.0. The standard InChI is InChI=1S/C15H14N4O3.C2HF3O2/c1-20-7-3-11(21-2)8-5-9-13(17)10(6-16)14(18)19-15(9)22-12(8)4-7;3-2(4,5)1(6)7/h3-4H,5H2,1-2H3,(H4,17,18,19);(H,6,7). The molecule has 12 heteroatoms. The summed E-state index contributed by atoms with van der Waals surface area (Å²) >= 11 is 0. The first-order valence-corrected chi connectivity index (χ1v) is 7.74. The third-order valence-electron chi connectivity index (χ3n) is 3.84. The van der Waals surface area contributed by atoms with Crippen molar-refractivity contribution in [1.82, 2.24) is 4.98 Å². The van der Waals surface area contributed by atoms with Crippen molar-refractivity contribution in [3.63, 3.8) is 0 Å². The lowest BCUT2D eigenvalue weighted by Gasteiger charge is -2.23. The number of aliphatic carboxylic acids is 1. The zero-order valence-electron chi connectivity index (χ0n) is 15.1. The number of ether oxygens (including phenoxy) is 3. The fourth-order valence-corrected chi connectivity index (χ4v) is 2.45. The first kappa shape index (κ1) is 21.4. The van der Waals surface area contributed by atoms with Gasteiger partial charge in [-0.3, -0.25) is 0 Å². The Hall–Kier alpha value is -3.88. The summed E-state index contributed by atoms with van der Waals surface area (Å²) in [6, 6.07) is 5.47. The van der Waals surface area contributed by atoms with Crippen molar-refractivity contribution in [2.24, 2.45) is 0 Å². The smallest absolute Gasteiger partial charge is 0.490 e. The van der Waals surface area contributed by atoms with Crippen LogP contribution in [-0.4, -0.2) is 36.5 Å². The van der Waals surface area contributed by atoms with Gasteiger partial charge in [0, 0.05) is 29.7 Å². The van der Waals surface area contributed by atoms with Crippen molar-refractivity contribution in [1.29, 1.82) is 5.26 Å². The fraction of sp³-hybridized carbons (Fsp3) is 0.235. The molecular weight excluding hydrogens is 397 g/mol. The minimum absolute atomic E-state index is 0.0528. The minimum atomic E-state index is -5.08. The van der Waals surface area contributed by atoms with Crippen molar-refractivity contribution >= 4 is 17.5 Å². The largest absolute Gasteiger partial charge is 0.496 e. The molecule has 3 rings (SSSR count). The van der Waals surface area contributed by atoms with E-state index < -0.39 is 12.1 Å². The van der Waals surface area contributed by atoms with Crippen LogP contribution in [0.1, 0.15) is 16.7 Å². The van der Waals surface area contributed by atoms with Gasteiger partial charge < -0.3 is 30.8 Å². The zero-order chi connectivity index (χ0) is 21.9. The lowest BCUT2D eigenvalue weighted by Crippen LogP contribution is -2.21. The molecule has 1 aliphatic rings. The number of carboxylic acids is 1. The van der Waals surface area contributed by atoms with E-state index in [4.69, 9.17) is 40.8 Å². The Balaban J connectivity index is 0.000000370. The molecule has 1 aromatic heterocycles. The van der Waals surface area contributed by atoms with Crippen LogP contribution in [0, 0.1) is 11.3 Å². The Bertz CT molecular complexity index is 1000. The van der Waals surface area contributed by atoms with E-state index >= 15 is 0 Å². The molecule has 1 aliphatic heterocycles. The first-order chi connectivity index (χ1) is 13.5. The van der Waals surface area contributed by atoms with Crippen molar-refractivity contribution in [3.8, 4) is 29.2 Å². The highest BCUT2D eigenvalue weighted by Crippen LogP contribution is 2.45. The van der Waals surface area contributed by atoms with Crippen molar-refractivity contribution < 1.29 is 37.3 Å². The highest BCUT2D eigenvalue weighted by atomic mass is 19.4. The number of nitrogen functional groups attached to an aromatic ring is 2. The molecule has 5 N–H and O–H groups in total. The quantitative estimate of drug-likeness (QED) is 0.576. The van der Waals surface area contributed by atoms with Crippen LogP contribution in [0.4, 0.5) is 24.7 Å². The van der Waals surface area contributed by atoms with E-state index in [1.807, 2.05) is 6.07 Å². The first-order valence-electron chi connectivity index (χ1n) is 7.74. The molecule has 0 aliphatic carbocycles. The number of nitriles is 1. The highest BCUT2D eigenvalue weighted by Gasteiger charge is 2.38. The van der Waals surface area contributed by atoms with Crippen molar-refractivity contribution in [3.05, 3.63) is 28.8 Å². The van der Waals surface area contributed by atoms with Gasteiger partial charge in [0.05, 0.1) is 19.9 Å². The van der Waals surface area contributed by atoms with Gasteiger partial charge in [0.15, 0.2) is 0 Å². The van der Waals surface area contributed by atoms with Gasteiger partial charge in [0.25, 0.3) is 0 Å². The zero-order valence-corrected chi connectivity index (χ0v) is 15.1. The number of pyridine rings is 1. The van der Waals surface area contributed by atoms with E-state index in [0.717, 1.165) is 5.56 Å². The van der Waals surface area contributed by atoms with Crippen molar-refractivity contribution in [2.75, 3.05) is 25.7 Å². The number of fused-ring (bicyclic) bond motifs is 2. The van der Waals surface area contributed by atoms with Gasteiger partial charge in [-0.15, -0.1) is 0 Å². The molecule has 0 radical (unpaired) electrons. The summed E-state index contributed by atoms with van der Waals surface area (Å²) in [6.07, 6.45) is -4.65. The minimum Gasteiger partial charge on any atom is -0.496 e. The van der Waals surface area contributed by atoms with Crippen molar-refractivity contribution in [2.45, 2.75) is 12.6 Å². The summed E-state index contributed by atoms with van der Waals surface area (Å²) in [7, 11) is 3.13. The molecule has 0 saturated heterocycles. The number of rotatable bonds is 2. The lowest BCUT2D eigenvalue weighted by atomic mass is 9.98. The molecule has 0 atom stereocenters. The number of hydrogen-bond donors (Lipinski definition) is 3. The Morgan fingerprint density at radius 3 is 2.38 bits per heavy atom. The summed E-state index contributed by atoms with van der Waals surface area (Å²) in [5.41, 5.74) is 13.7. The van der Waals surface area contributed by atoms with Crippen LogP contribution in [-0.2, 0) is 11.2 Å². The second-order valence-electron chi connectivity index (χ2n) is 5.57. The molecule has 0 amide bonds. The Kier molecular flexibility index (Phi) is 5.92. The van der Waals surface area contributed by atoms with E-state index in [9.17, 15) is 13.2 Å². The average molecular weight is 412 g/mol. The number of aromatic nitrogens is 1.